The number of carbonyl (C=O) groups is 3. The Labute approximate surface area is 70.4 Å². The smallest absolute Gasteiger partial charge is 0.225 e. The predicted octanol–water partition coefficient (Wildman–Crippen LogP) is 0.680. The molecule has 3 nitrogen and oxygen atoms in total. The van der Waals surface area contributed by atoms with E-state index in [1.165, 1.54) is 6.92 Å². The molecule has 0 bridgehead atoms. The Bertz CT molecular complexity index is 308. The monoisotopic (exact) mass is 166 g/mol. The first-order chi connectivity index (χ1) is 5.42. The zero-order chi connectivity index (χ0) is 9.52. The fourth-order valence-corrected chi connectivity index (χ4v) is 1.40. The molecule has 0 amide bonds. The number of aldehydes is 1. The van der Waals surface area contributed by atoms with Crippen LogP contribution in [0.15, 0.2) is 11.1 Å². The van der Waals surface area contributed by atoms with Crippen LogP contribution >= 0.6 is 0 Å². The zero-order valence-electron chi connectivity index (χ0n) is 7.30. The maximum absolute atomic E-state index is 11.3. The Kier molecular flexibility index (Phi) is 1.75. The highest BCUT2D eigenvalue weighted by atomic mass is 16.2. The van der Waals surface area contributed by atoms with Crippen LogP contribution in [-0.4, -0.2) is 17.9 Å². The summed E-state index contributed by atoms with van der Waals surface area (Å²) in [5.41, 5.74) is -0.305. The van der Waals surface area contributed by atoms with E-state index in [-0.39, 0.29) is 0 Å². The van der Waals surface area contributed by atoms with Crippen molar-refractivity contribution >= 4 is 17.9 Å². The lowest BCUT2D eigenvalue weighted by Gasteiger charge is -2.14. The van der Waals surface area contributed by atoms with Crippen LogP contribution in [0.2, 0.25) is 0 Å². The normalized spacial score (nSPS) is 21.9. The third-order valence-corrected chi connectivity index (χ3v) is 2.31. The number of hydrogen-bond acceptors (Lipinski definition) is 3. The number of hydrogen-bond donors (Lipinski definition) is 0. The van der Waals surface area contributed by atoms with Gasteiger partial charge in [-0.15, -0.1) is 0 Å². The molecular formula is C9H10O3. The lowest BCUT2D eigenvalue weighted by atomic mass is 9.85. The van der Waals surface area contributed by atoms with Gasteiger partial charge in [0.15, 0.2) is 0 Å². The minimum absolute atomic E-state index is 0.292. The number of ketones is 2. The molecular weight excluding hydrogens is 156 g/mol. The average molecular weight is 166 g/mol. The Morgan fingerprint density at radius 1 is 1.25 bits per heavy atom. The van der Waals surface area contributed by atoms with Gasteiger partial charge in [-0.25, -0.2) is 0 Å². The zero-order valence-corrected chi connectivity index (χ0v) is 7.30. The van der Waals surface area contributed by atoms with E-state index in [2.05, 4.69) is 0 Å². The molecule has 0 aromatic rings. The van der Waals surface area contributed by atoms with Gasteiger partial charge in [-0.1, -0.05) is 0 Å². The molecule has 0 aromatic heterocycles. The minimum atomic E-state index is -0.914. The highest BCUT2D eigenvalue weighted by Crippen LogP contribution is 2.35. The molecule has 0 saturated carbocycles. The Hall–Kier alpha value is -1.25. The van der Waals surface area contributed by atoms with Crippen LogP contribution in [0.3, 0.4) is 0 Å². The van der Waals surface area contributed by atoms with Crippen molar-refractivity contribution < 1.29 is 14.4 Å². The highest BCUT2D eigenvalue weighted by Gasteiger charge is 2.44. The van der Waals surface area contributed by atoms with E-state index >= 15 is 0 Å². The number of Topliss-reactive ketones (excluding diaryl/α,β-unsaturated/α-hetero) is 2. The van der Waals surface area contributed by atoms with Gasteiger partial charge in [0, 0.05) is 11.1 Å². The molecule has 0 N–H and O–H groups in total. The summed E-state index contributed by atoms with van der Waals surface area (Å²) >= 11 is 0. The molecule has 0 spiro atoms. The van der Waals surface area contributed by atoms with Gasteiger partial charge in [0.2, 0.25) is 11.6 Å². The molecule has 3 heteroatoms. The van der Waals surface area contributed by atoms with Crippen molar-refractivity contribution in [2.45, 2.75) is 20.8 Å². The summed E-state index contributed by atoms with van der Waals surface area (Å²) < 4.78 is 0. The second-order valence-corrected chi connectivity index (χ2v) is 3.44. The number of carbonyl (C=O) groups excluding carboxylic acids is 3. The molecule has 0 atom stereocenters. The molecule has 0 radical (unpaired) electrons. The summed E-state index contributed by atoms with van der Waals surface area (Å²) in [7, 11) is 0. The van der Waals surface area contributed by atoms with Gasteiger partial charge < -0.3 is 0 Å². The molecule has 0 heterocycles. The molecule has 0 saturated heterocycles. The number of rotatable bonds is 1. The van der Waals surface area contributed by atoms with Crippen LogP contribution in [0.5, 0.6) is 0 Å². The largest absolute Gasteiger partial charge is 0.298 e. The van der Waals surface area contributed by atoms with Gasteiger partial charge in [0.05, 0.1) is 5.41 Å². The summed E-state index contributed by atoms with van der Waals surface area (Å²) in [5, 5.41) is 0. The van der Waals surface area contributed by atoms with Crippen molar-refractivity contribution in [2.24, 2.45) is 5.41 Å². The first-order valence-corrected chi connectivity index (χ1v) is 3.68. The quantitative estimate of drug-likeness (QED) is 0.425. The second-order valence-electron chi connectivity index (χ2n) is 3.44. The van der Waals surface area contributed by atoms with E-state index in [9.17, 15) is 14.4 Å². The van der Waals surface area contributed by atoms with Crippen molar-refractivity contribution in [1.82, 2.24) is 0 Å². The van der Waals surface area contributed by atoms with E-state index in [1.54, 1.807) is 13.8 Å². The summed E-state index contributed by atoms with van der Waals surface area (Å²) in [6, 6.07) is 0. The summed E-state index contributed by atoms with van der Waals surface area (Å²) in [6.07, 6.45) is 0.595. The standard InChI is InChI=1S/C9H10O3/c1-5-6(4-10)9(2,3)8(12)7(5)11/h4H,1-3H3. The van der Waals surface area contributed by atoms with Crippen LogP contribution < -0.4 is 0 Å². The van der Waals surface area contributed by atoms with Crippen LogP contribution in [-0.2, 0) is 14.4 Å². The average Bonchev–Trinajstić information content (AvgIpc) is 2.13. The summed E-state index contributed by atoms with van der Waals surface area (Å²) in [5.74, 6) is -1.01. The summed E-state index contributed by atoms with van der Waals surface area (Å²) in [6.45, 7) is 4.69. The van der Waals surface area contributed by atoms with E-state index < -0.39 is 17.0 Å². The van der Waals surface area contributed by atoms with Crippen LogP contribution in [0.1, 0.15) is 20.8 Å². The van der Waals surface area contributed by atoms with Crippen LogP contribution in [0, 0.1) is 5.41 Å². The van der Waals surface area contributed by atoms with Crippen LogP contribution in [0.4, 0.5) is 0 Å². The highest BCUT2D eigenvalue weighted by molar-refractivity contribution is 6.49. The van der Waals surface area contributed by atoms with Crippen molar-refractivity contribution in [3.63, 3.8) is 0 Å². The fraction of sp³-hybridized carbons (Fsp3) is 0.444. The van der Waals surface area contributed by atoms with Gasteiger partial charge in [-0.05, 0) is 20.8 Å². The second kappa shape index (κ2) is 2.37. The molecule has 0 aromatic carbocycles. The molecule has 1 aliphatic rings. The maximum atomic E-state index is 11.3. The molecule has 0 unspecified atom stereocenters. The lowest BCUT2D eigenvalue weighted by Crippen LogP contribution is -2.25. The molecule has 64 valence electrons. The third-order valence-electron chi connectivity index (χ3n) is 2.31. The Balaban J connectivity index is 3.35. The van der Waals surface area contributed by atoms with Crippen molar-refractivity contribution in [1.29, 1.82) is 0 Å². The van der Waals surface area contributed by atoms with Crippen molar-refractivity contribution in [3.8, 4) is 0 Å². The van der Waals surface area contributed by atoms with Crippen molar-refractivity contribution in [3.05, 3.63) is 11.1 Å². The van der Waals surface area contributed by atoms with Crippen molar-refractivity contribution in [2.75, 3.05) is 0 Å². The molecule has 1 rings (SSSR count). The van der Waals surface area contributed by atoms with Gasteiger partial charge in [-0.3, -0.25) is 14.4 Å². The first kappa shape index (κ1) is 8.84. The van der Waals surface area contributed by atoms with Crippen LogP contribution in [0.25, 0.3) is 0 Å². The third kappa shape index (κ3) is 0.858. The van der Waals surface area contributed by atoms with E-state index in [0.29, 0.717) is 17.4 Å². The predicted molar refractivity (Wildman–Crippen MR) is 42.6 cm³/mol. The van der Waals surface area contributed by atoms with E-state index in [0.717, 1.165) is 0 Å². The summed E-state index contributed by atoms with van der Waals surface area (Å²) in [4.78, 5) is 32.9. The molecule has 1 aliphatic carbocycles. The maximum Gasteiger partial charge on any atom is 0.225 e. The van der Waals surface area contributed by atoms with Gasteiger partial charge in [0.1, 0.15) is 6.29 Å². The fourth-order valence-electron chi connectivity index (χ4n) is 1.40. The molecule has 0 fully saturated rings. The molecule has 0 aliphatic heterocycles. The lowest BCUT2D eigenvalue weighted by molar-refractivity contribution is -0.137. The van der Waals surface area contributed by atoms with E-state index in [4.69, 9.17) is 0 Å². The van der Waals surface area contributed by atoms with Gasteiger partial charge in [0.25, 0.3) is 0 Å². The first-order valence-electron chi connectivity index (χ1n) is 3.68. The Morgan fingerprint density at radius 2 is 1.75 bits per heavy atom. The van der Waals surface area contributed by atoms with Gasteiger partial charge >= 0.3 is 0 Å². The van der Waals surface area contributed by atoms with Gasteiger partial charge in [-0.2, -0.15) is 0 Å². The van der Waals surface area contributed by atoms with E-state index in [1.807, 2.05) is 0 Å². The molecule has 12 heavy (non-hydrogen) atoms. The topological polar surface area (TPSA) is 51.2 Å². The Morgan fingerprint density at radius 3 is 1.92 bits per heavy atom. The SMILES string of the molecule is CC1=C(C=O)C(C)(C)C(=O)C1=O. The number of allylic oxidation sites excluding steroid dienone is 2. The minimum Gasteiger partial charge on any atom is -0.298 e.